The van der Waals surface area contributed by atoms with E-state index in [1.807, 2.05) is 19.1 Å². The smallest absolute Gasteiger partial charge is 0.277 e. The first kappa shape index (κ1) is 20.1. The van der Waals surface area contributed by atoms with Gasteiger partial charge in [-0.3, -0.25) is 19.3 Å². The molecule has 1 N–H and O–H groups in total. The summed E-state index contributed by atoms with van der Waals surface area (Å²) in [7, 11) is 0. The third-order valence-electron chi connectivity index (χ3n) is 5.47. The Morgan fingerprint density at radius 3 is 2.32 bits per heavy atom. The van der Waals surface area contributed by atoms with Crippen LogP contribution in [0.2, 0.25) is 0 Å². The van der Waals surface area contributed by atoms with Gasteiger partial charge in [-0.05, 0) is 42.9 Å². The molecule has 3 rings (SSSR count). The van der Waals surface area contributed by atoms with E-state index in [0.717, 1.165) is 44.3 Å². The molecule has 2 aliphatic rings. The van der Waals surface area contributed by atoms with Crippen molar-refractivity contribution in [2.24, 2.45) is 5.92 Å². The summed E-state index contributed by atoms with van der Waals surface area (Å²) in [5.74, 6) is 0.113. The van der Waals surface area contributed by atoms with Crippen molar-refractivity contribution in [1.82, 2.24) is 9.80 Å². The lowest BCUT2D eigenvalue weighted by Gasteiger charge is -2.32. The highest BCUT2D eigenvalue weighted by Gasteiger charge is 2.41. The van der Waals surface area contributed by atoms with Crippen LogP contribution in [0.4, 0.5) is 5.69 Å². The number of unbranched alkanes of at least 4 members (excludes halogenated alkanes) is 1. The van der Waals surface area contributed by atoms with Gasteiger partial charge in [0.05, 0.1) is 5.57 Å². The minimum Gasteiger partial charge on any atom is -0.366 e. The van der Waals surface area contributed by atoms with Gasteiger partial charge in [-0.25, -0.2) is 0 Å². The first-order valence-electron chi connectivity index (χ1n) is 10.2. The molecule has 0 radical (unpaired) electrons. The summed E-state index contributed by atoms with van der Waals surface area (Å²) in [6, 6.07) is 7.15. The zero-order chi connectivity index (χ0) is 20.3. The predicted octanol–water partition coefficient (Wildman–Crippen LogP) is 3.26. The quantitative estimate of drug-likeness (QED) is 0.766. The topological polar surface area (TPSA) is 69.7 Å². The molecule has 0 unspecified atom stereocenters. The summed E-state index contributed by atoms with van der Waals surface area (Å²) < 4.78 is 0. The van der Waals surface area contributed by atoms with Crippen molar-refractivity contribution >= 4 is 29.0 Å². The Morgan fingerprint density at radius 1 is 1.11 bits per heavy atom. The van der Waals surface area contributed by atoms with Gasteiger partial charge in [-0.15, -0.1) is 0 Å². The van der Waals surface area contributed by atoms with E-state index in [1.54, 1.807) is 12.1 Å². The summed E-state index contributed by atoms with van der Waals surface area (Å²) in [6.45, 7) is 7.77. The highest BCUT2D eigenvalue weighted by atomic mass is 16.2. The van der Waals surface area contributed by atoms with Crippen LogP contribution >= 0.6 is 0 Å². The Bertz CT molecular complexity index is 790. The maximum absolute atomic E-state index is 13.2. The number of hydrogen-bond acceptors (Lipinski definition) is 4. The van der Waals surface area contributed by atoms with Crippen LogP contribution in [0.25, 0.3) is 5.57 Å². The lowest BCUT2D eigenvalue weighted by atomic mass is 9.97. The lowest BCUT2D eigenvalue weighted by Crippen LogP contribution is -2.38. The van der Waals surface area contributed by atoms with Crippen molar-refractivity contribution in [2.75, 3.05) is 25.0 Å². The molecule has 2 heterocycles. The molecular weight excluding hydrogens is 354 g/mol. The van der Waals surface area contributed by atoms with Crippen LogP contribution in [0.5, 0.6) is 0 Å². The highest BCUT2D eigenvalue weighted by Crippen LogP contribution is 2.34. The molecule has 0 atom stereocenters. The molecule has 0 aliphatic carbocycles. The number of likely N-dealkylation sites (tertiary alicyclic amines) is 1. The molecule has 3 amide bonds. The average molecular weight is 383 g/mol. The Balaban J connectivity index is 1.96. The predicted molar refractivity (Wildman–Crippen MR) is 109 cm³/mol. The fourth-order valence-corrected chi connectivity index (χ4v) is 3.79. The Morgan fingerprint density at radius 2 is 1.75 bits per heavy atom. The molecule has 0 aromatic heterocycles. The van der Waals surface area contributed by atoms with Gasteiger partial charge in [0.1, 0.15) is 5.70 Å². The number of nitrogens with zero attached hydrogens (tertiary/aromatic N) is 2. The molecule has 1 aromatic carbocycles. The molecule has 0 spiro atoms. The summed E-state index contributed by atoms with van der Waals surface area (Å²) in [5, 5.41) is 2.73. The molecule has 1 fully saturated rings. The van der Waals surface area contributed by atoms with Crippen molar-refractivity contribution < 1.29 is 14.4 Å². The first-order valence-corrected chi connectivity index (χ1v) is 10.2. The first-order chi connectivity index (χ1) is 13.4. The Kier molecular flexibility index (Phi) is 6.17. The minimum absolute atomic E-state index is 0.145. The SMILES string of the molecule is CCCCN1C(=O)C(c2ccc(NC(C)=O)cc2)=C(N2CCC(C)CC2)C1=O. The van der Waals surface area contributed by atoms with Gasteiger partial charge in [0.2, 0.25) is 5.91 Å². The Hall–Kier alpha value is -2.63. The number of carbonyl (C=O) groups is 3. The second-order valence-electron chi connectivity index (χ2n) is 7.77. The van der Waals surface area contributed by atoms with Crippen LogP contribution in [-0.4, -0.2) is 47.2 Å². The minimum atomic E-state index is -0.209. The third kappa shape index (κ3) is 4.11. The van der Waals surface area contributed by atoms with Gasteiger partial charge in [0.15, 0.2) is 0 Å². The van der Waals surface area contributed by atoms with Crippen LogP contribution in [0.3, 0.4) is 0 Å². The van der Waals surface area contributed by atoms with Gasteiger partial charge in [-0.2, -0.15) is 0 Å². The van der Waals surface area contributed by atoms with E-state index in [1.165, 1.54) is 11.8 Å². The molecule has 150 valence electrons. The number of carbonyl (C=O) groups excluding carboxylic acids is 3. The number of rotatable bonds is 6. The van der Waals surface area contributed by atoms with E-state index in [0.29, 0.717) is 29.4 Å². The van der Waals surface area contributed by atoms with Crippen molar-refractivity contribution in [1.29, 1.82) is 0 Å². The van der Waals surface area contributed by atoms with E-state index < -0.39 is 0 Å². The van der Waals surface area contributed by atoms with Gasteiger partial charge < -0.3 is 10.2 Å². The zero-order valence-electron chi connectivity index (χ0n) is 17.0. The van der Waals surface area contributed by atoms with E-state index in [4.69, 9.17) is 0 Å². The molecule has 0 saturated carbocycles. The van der Waals surface area contributed by atoms with Crippen molar-refractivity contribution in [3.63, 3.8) is 0 Å². The van der Waals surface area contributed by atoms with Crippen LogP contribution in [0, 0.1) is 5.92 Å². The van der Waals surface area contributed by atoms with Crippen molar-refractivity contribution in [3.05, 3.63) is 35.5 Å². The van der Waals surface area contributed by atoms with Gasteiger partial charge in [0.25, 0.3) is 11.8 Å². The number of amides is 3. The maximum Gasteiger partial charge on any atom is 0.277 e. The third-order valence-corrected chi connectivity index (χ3v) is 5.47. The van der Waals surface area contributed by atoms with Crippen molar-refractivity contribution in [2.45, 2.75) is 46.5 Å². The fourth-order valence-electron chi connectivity index (χ4n) is 3.79. The molecule has 1 saturated heterocycles. The van der Waals surface area contributed by atoms with E-state index in [2.05, 4.69) is 17.1 Å². The molecule has 2 aliphatic heterocycles. The largest absolute Gasteiger partial charge is 0.366 e. The van der Waals surface area contributed by atoms with Gasteiger partial charge in [0, 0.05) is 32.2 Å². The fraction of sp³-hybridized carbons (Fsp3) is 0.500. The van der Waals surface area contributed by atoms with Crippen LogP contribution in [0.15, 0.2) is 30.0 Å². The molecule has 6 heteroatoms. The number of benzene rings is 1. The van der Waals surface area contributed by atoms with E-state index in [-0.39, 0.29) is 17.7 Å². The zero-order valence-corrected chi connectivity index (χ0v) is 17.0. The summed E-state index contributed by atoms with van der Waals surface area (Å²) in [6.07, 6.45) is 3.77. The number of piperidine rings is 1. The number of anilines is 1. The molecule has 28 heavy (non-hydrogen) atoms. The van der Waals surface area contributed by atoms with E-state index >= 15 is 0 Å². The second-order valence-corrected chi connectivity index (χ2v) is 7.77. The number of hydrogen-bond donors (Lipinski definition) is 1. The van der Waals surface area contributed by atoms with Gasteiger partial charge >= 0.3 is 0 Å². The second kappa shape index (κ2) is 8.59. The Labute approximate surface area is 166 Å². The summed E-state index contributed by atoms with van der Waals surface area (Å²) >= 11 is 0. The monoisotopic (exact) mass is 383 g/mol. The molecular formula is C22H29N3O3. The van der Waals surface area contributed by atoms with Crippen LogP contribution in [0.1, 0.15) is 52.0 Å². The average Bonchev–Trinajstić information content (AvgIpc) is 2.91. The lowest BCUT2D eigenvalue weighted by molar-refractivity contribution is -0.137. The molecule has 6 nitrogen and oxygen atoms in total. The molecule has 1 aromatic rings. The van der Waals surface area contributed by atoms with Gasteiger partial charge in [-0.1, -0.05) is 32.4 Å². The maximum atomic E-state index is 13.2. The van der Waals surface area contributed by atoms with Crippen LogP contribution < -0.4 is 5.32 Å². The van der Waals surface area contributed by atoms with E-state index in [9.17, 15) is 14.4 Å². The molecule has 0 bridgehead atoms. The number of imide groups is 1. The standard InChI is InChI=1S/C22H29N3O3/c1-4-5-12-25-21(27)19(17-6-8-18(9-7-17)23-16(3)26)20(22(25)28)24-13-10-15(2)11-14-24/h6-9,15H,4-5,10-14H2,1-3H3,(H,23,26). The summed E-state index contributed by atoms with van der Waals surface area (Å²) in [4.78, 5) is 41.0. The normalized spacial score (nSPS) is 18.2. The highest BCUT2D eigenvalue weighted by molar-refractivity contribution is 6.35. The number of nitrogens with one attached hydrogen (secondary N) is 1. The summed E-state index contributed by atoms with van der Waals surface area (Å²) in [5.41, 5.74) is 2.43. The van der Waals surface area contributed by atoms with Crippen molar-refractivity contribution in [3.8, 4) is 0 Å². The van der Waals surface area contributed by atoms with Crippen LogP contribution in [-0.2, 0) is 14.4 Å².